The normalized spacial score (nSPS) is 22.1. The average molecular weight is 615 g/mol. The number of hydrogen-bond donors (Lipinski definition) is 1. The maximum Gasteiger partial charge on any atom is 0.248 e. The summed E-state index contributed by atoms with van der Waals surface area (Å²) >= 11 is 0. The molecule has 1 N–H and O–H groups in total. The van der Waals surface area contributed by atoms with Gasteiger partial charge in [0.1, 0.15) is 6.04 Å². The summed E-state index contributed by atoms with van der Waals surface area (Å²) in [6.45, 7) is 4.29. The molecule has 0 radical (unpaired) electrons. The van der Waals surface area contributed by atoms with E-state index in [9.17, 15) is 31.6 Å². The Morgan fingerprint density at radius 2 is 1.86 bits per heavy atom. The minimum atomic E-state index is -3.06. The van der Waals surface area contributed by atoms with E-state index in [4.69, 9.17) is 0 Å². The molecule has 5 rings (SSSR count). The summed E-state index contributed by atoms with van der Waals surface area (Å²) in [7, 11) is -3.06. The Morgan fingerprint density at radius 3 is 2.49 bits per heavy atom. The van der Waals surface area contributed by atoms with Crippen LogP contribution in [0.5, 0.6) is 0 Å². The fraction of sp³-hybridized carbons (Fsp3) is 0.467. The molecule has 3 heterocycles. The number of benzene rings is 1. The molecular formula is C30H33F3N6O3S. The highest BCUT2D eigenvalue weighted by Gasteiger charge is 2.47. The molecule has 2 fully saturated rings. The van der Waals surface area contributed by atoms with Crippen molar-refractivity contribution in [2.45, 2.75) is 51.0 Å². The topological polar surface area (TPSA) is 121 Å². The van der Waals surface area contributed by atoms with E-state index in [2.05, 4.69) is 21.5 Å². The van der Waals surface area contributed by atoms with Crippen LogP contribution in [0.25, 0.3) is 16.9 Å². The van der Waals surface area contributed by atoms with Crippen LogP contribution in [-0.2, 0) is 14.6 Å². The lowest BCUT2D eigenvalue weighted by molar-refractivity contribution is -0.131. The lowest BCUT2D eigenvalue weighted by Crippen LogP contribution is -2.45. The van der Waals surface area contributed by atoms with Gasteiger partial charge in [-0.05, 0) is 42.2 Å². The third kappa shape index (κ3) is 6.69. The minimum Gasteiger partial charge on any atom is -0.369 e. The molecule has 1 amide bonds. The molecule has 0 spiro atoms. The van der Waals surface area contributed by atoms with E-state index in [1.165, 1.54) is 29.2 Å². The number of nitrogens with zero attached hydrogens (tertiary/aromatic N) is 5. The number of halogens is 3. The van der Waals surface area contributed by atoms with Crippen LogP contribution >= 0.6 is 0 Å². The Labute approximate surface area is 248 Å². The number of carbonyl (C=O) groups excluding carboxylic acids is 1. The van der Waals surface area contributed by atoms with Crippen molar-refractivity contribution in [1.82, 2.24) is 20.1 Å². The number of nitrogens with one attached hydrogen (secondary N) is 1. The van der Waals surface area contributed by atoms with Crippen LogP contribution in [-0.4, -0.2) is 65.6 Å². The van der Waals surface area contributed by atoms with Gasteiger partial charge in [0.2, 0.25) is 11.8 Å². The third-order valence-corrected chi connectivity index (χ3v) is 9.81. The van der Waals surface area contributed by atoms with Gasteiger partial charge in [-0.2, -0.15) is 10.4 Å². The highest BCUT2D eigenvalue weighted by molar-refractivity contribution is 7.91. The lowest BCUT2D eigenvalue weighted by Gasteiger charge is -2.35. The summed E-state index contributed by atoms with van der Waals surface area (Å²) in [6.07, 6.45) is 1.69. The van der Waals surface area contributed by atoms with Gasteiger partial charge in [-0.15, -0.1) is 0 Å². The summed E-state index contributed by atoms with van der Waals surface area (Å²) in [5.74, 6) is -6.30. The number of nitriles is 1. The van der Waals surface area contributed by atoms with Gasteiger partial charge in [0.05, 0.1) is 23.3 Å². The summed E-state index contributed by atoms with van der Waals surface area (Å²) in [6, 6.07) is 11.1. The van der Waals surface area contributed by atoms with E-state index in [0.717, 1.165) is 5.69 Å². The van der Waals surface area contributed by atoms with Crippen molar-refractivity contribution in [3.8, 4) is 23.0 Å². The van der Waals surface area contributed by atoms with Gasteiger partial charge in [-0.25, -0.2) is 31.3 Å². The molecule has 9 nitrogen and oxygen atoms in total. The van der Waals surface area contributed by atoms with E-state index < -0.39 is 58.2 Å². The van der Waals surface area contributed by atoms with Crippen LogP contribution in [0.1, 0.15) is 44.7 Å². The fourth-order valence-corrected chi connectivity index (χ4v) is 6.90. The van der Waals surface area contributed by atoms with Crippen molar-refractivity contribution in [2.75, 3.05) is 29.5 Å². The van der Waals surface area contributed by atoms with E-state index in [0.29, 0.717) is 24.2 Å². The standard InChI is InChI=1S/C30H33F3N6O3S/c1-19(2)26(17-34)36-29(40)22-9-10-30(32,33)16-23(22)27-24(18-39(37-27)28-25(31)4-3-11-35-28)20-5-7-21(8-6-20)38-12-14-43(41,42)15-13-38/h3-8,11,18-19,22-23,26H,9-10,12-16H2,1-2H3,(H,36,40)/t22-,23-,26-/m1/s1. The molecule has 1 aliphatic carbocycles. The van der Waals surface area contributed by atoms with Crippen molar-refractivity contribution in [3.63, 3.8) is 0 Å². The Morgan fingerprint density at radius 1 is 1.16 bits per heavy atom. The van der Waals surface area contributed by atoms with E-state index >= 15 is 0 Å². The van der Waals surface area contributed by atoms with Gasteiger partial charge in [0.25, 0.3) is 0 Å². The largest absolute Gasteiger partial charge is 0.369 e. The molecule has 1 saturated heterocycles. The summed E-state index contributed by atoms with van der Waals surface area (Å²) in [5.41, 5.74) is 2.07. The summed E-state index contributed by atoms with van der Waals surface area (Å²) in [5, 5.41) is 16.8. The van der Waals surface area contributed by atoms with E-state index in [1.54, 1.807) is 26.0 Å². The Hall–Kier alpha value is -3.92. The van der Waals surface area contributed by atoms with Crippen molar-refractivity contribution in [2.24, 2.45) is 11.8 Å². The van der Waals surface area contributed by atoms with E-state index in [1.807, 2.05) is 17.0 Å². The first-order valence-electron chi connectivity index (χ1n) is 14.2. The quantitative estimate of drug-likeness (QED) is 0.416. The third-order valence-electron chi connectivity index (χ3n) is 8.20. The number of pyridine rings is 1. The average Bonchev–Trinajstić information content (AvgIpc) is 3.40. The highest BCUT2D eigenvalue weighted by atomic mass is 32.2. The number of carbonyl (C=O) groups is 1. The van der Waals surface area contributed by atoms with Gasteiger partial charge >= 0.3 is 0 Å². The van der Waals surface area contributed by atoms with Gasteiger partial charge in [-0.1, -0.05) is 26.0 Å². The second kappa shape index (κ2) is 12.0. The number of aromatic nitrogens is 3. The highest BCUT2D eigenvalue weighted by Crippen LogP contribution is 2.47. The first-order chi connectivity index (χ1) is 20.4. The molecule has 43 heavy (non-hydrogen) atoms. The van der Waals surface area contributed by atoms with Crippen LogP contribution in [0.4, 0.5) is 18.9 Å². The molecular weight excluding hydrogens is 581 g/mol. The smallest absolute Gasteiger partial charge is 0.248 e. The second-order valence-corrected chi connectivity index (χ2v) is 13.8. The number of anilines is 1. The summed E-state index contributed by atoms with van der Waals surface area (Å²) in [4.78, 5) is 19.5. The molecule has 2 aromatic heterocycles. The van der Waals surface area contributed by atoms with Crippen LogP contribution in [0.15, 0.2) is 48.8 Å². The monoisotopic (exact) mass is 614 g/mol. The Bertz CT molecular complexity index is 1620. The predicted octanol–water partition coefficient (Wildman–Crippen LogP) is 4.49. The van der Waals surface area contributed by atoms with Crippen LogP contribution in [0, 0.1) is 29.0 Å². The number of amides is 1. The molecule has 1 saturated carbocycles. The number of hydrogen-bond acceptors (Lipinski definition) is 7. The van der Waals surface area contributed by atoms with Gasteiger partial charge in [0.15, 0.2) is 21.5 Å². The number of rotatable bonds is 7. The van der Waals surface area contributed by atoms with Crippen LogP contribution < -0.4 is 10.2 Å². The molecule has 1 aromatic carbocycles. The van der Waals surface area contributed by atoms with E-state index in [-0.39, 0.29) is 35.4 Å². The maximum atomic E-state index is 14.9. The predicted molar refractivity (Wildman–Crippen MR) is 155 cm³/mol. The molecule has 3 aromatic rings. The van der Waals surface area contributed by atoms with Crippen molar-refractivity contribution < 1.29 is 26.4 Å². The van der Waals surface area contributed by atoms with Crippen molar-refractivity contribution >= 4 is 21.4 Å². The zero-order chi connectivity index (χ0) is 30.9. The summed E-state index contributed by atoms with van der Waals surface area (Å²) < 4.78 is 69.6. The molecule has 2 aliphatic rings. The van der Waals surface area contributed by atoms with Crippen molar-refractivity contribution in [3.05, 3.63) is 60.3 Å². The molecule has 1 aliphatic heterocycles. The first-order valence-corrected chi connectivity index (χ1v) is 16.0. The molecule has 3 atom stereocenters. The first kappa shape index (κ1) is 30.5. The SMILES string of the molecule is CC(C)[C@@H](C#N)NC(=O)[C@@H]1CCC(F)(F)C[C@H]1c1nn(-c2ncccc2F)cc1-c1ccc(N2CCS(=O)(=O)CC2)cc1. The molecule has 0 bridgehead atoms. The van der Waals surface area contributed by atoms with Gasteiger partial charge in [-0.3, -0.25) is 4.79 Å². The maximum absolute atomic E-state index is 14.9. The lowest BCUT2D eigenvalue weighted by atomic mass is 9.74. The Balaban J connectivity index is 1.56. The molecule has 228 valence electrons. The number of sulfone groups is 1. The van der Waals surface area contributed by atoms with Gasteiger partial charge < -0.3 is 10.2 Å². The molecule has 0 unspecified atom stereocenters. The second-order valence-electron chi connectivity index (χ2n) is 11.5. The van der Waals surface area contributed by atoms with Crippen molar-refractivity contribution in [1.29, 1.82) is 5.26 Å². The number of alkyl halides is 2. The molecule has 13 heteroatoms. The van der Waals surface area contributed by atoms with Crippen LogP contribution in [0.2, 0.25) is 0 Å². The Kier molecular flexibility index (Phi) is 8.51. The van der Waals surface area contributed by atoms with Crippen LogP contribution in [0.3, 0.4) is 0 Å². The zero-order valence-corrected chi connectivity index (χ0v) is 24.7. The fourth-order valence-electron chi connectivity index (χ4n) is 5.70. The minimum absolute atomic E-state index is 0.0596. The van der Waals surface area contributed by atoms with Gasteiger partial charge in [0, 0.05) is 61.4 Å². The zero-order valence-electron chi connectivity index (χ0n) is 23.9.